The normalized spacial score (nSPS) is 29.8. The Bertz CT molecular complexity index is 1550. The van der Waals surface area contributed by atoms with Crippen molar-refractivity contribution in [2.75, 3.05) is 26.2 Å². The number of likely N-dealkylation sites (tertiary alicyclic amines) is 1. The number of aliphatic hydroxyl groups excluding tert-OH is 1. The van der Waals surface area contributed by atoms with Crippen molar-refractivity contribution in [3.05, 3.63) is 94.5 Å². The number of halogens is 1. The zero-order valence-corrected chi connectivity index (χ0v) is 28.4. The molecule has 2 saturated heterocycles. The van der Waals surface area contributed by atoms with Gasteiger partial charge in [0.15, 0.2) is 0 Å². The number of hydrogen-bond donors (Lipinski definition) is 2. The molecule has 3 amide bonds. The molecule has 11 heteroatoms. The number of cyclic esters (lactones) is 1. The Morgan fingerprint density at radius 3 is 2.40 bits per heavy atom. The molecule has 48 heavy (non-hydrogen) atoms. The maximum atomic E-state index is 14.9. The lowest BCUT2D eigenvalue weighted by molar-refractivity contribution is -0.159. The minimum Gasteiger partial charge on any atom is -0.455 e. The van der Waals surface area contributed by atoms with Crippen molar-refractivity contribution >= 4 is 39.6 Å². The molecule has 6 atom stereocenters. The molecule has 2 aromatic rings. The van der Waals surface area contributed by atoms with E-state index in [2.05, 4.69) is 21.2 Å². The van der Waals surface area contributed by atoms with Gasteiger partial charge in [-0.3, -0.25) is 19.2 Å². The number of ether oxygens (including phenoxy) is 2. The highest BCUT2D eigenvalue weighted by molar-refractivity contribution is 9.11. The van der Waals surface area contributed by atoms with Crippen LogP contribution in [-0.2, 0) is 35.2 Å². The van der Waals surface area contributed by atoms with Crippen molar-refractivity contribution in [1.82, 2.24) is 15.1 Å². The molecule has 10 nitrogen and oxygen atoms in total. The van der Waals surface area contributed by atoms with Crippen LogP contribution in [0.15, 0.2) is 83.4 Å². The zero-order chi connectivity index (χ0) is 33.7. The lowest BCUT2D eigenvalue weighted by Crippen LogP contribution is -2.55. The van der Waals surface area contributed by atoms with Gasteiger partial charge in [0.25, 0.3) is 0 Å². The van der Waals surface area contributed by atoms with Crippen molar-refractivity contribution in [2.24, 2.45) is 11.8 Å². The molecule has 0 aliphatic carbocycles. The number of aliphatic hydroxyl groups is 1. The van der Waals surface area contributed by atoms with Crippen LogP contribution in [0.3, 0.4) is 0 Å². The summed E-state index contributed by atoms with van der Waals surface area (Å²) in [7, 11) is 0. The highest BCUT2D eigenvalue weighted by atomic mass is 79.9. The highest BCUT2D eigenvalue weighted by Gasteiger charge is 2.74. The van der Waals surface area contributed by atoms with Crippen LogP contribution in [0, 0.1) is 11.8 Å². The smallest absolute Gasteiger partial charge is 0.313 e. The molecule has 0 saturated carbocycles. The number of nitrogens with one attached hydrogen (secondary N) is 1. The first-order valence-electron chi connectivity index (χ1n) is 16.8. The van der Waals surface area contributed by atoms with Crippen LogP contribution in [0.5, 0.6) is 0 Å². The van der Waals surface area contributed by atoms with Crippen LogP contribution in [0.25, 0.3) is 0 Å². The monoisotopic (exact) mass is 719 g/mol. The van der Waals surface area contributed by atoms with Crippen molar-refractivity contribution in [3.63, 3.8) is 0 Å². The summed E-state index contributed by atoms with van der Waals surface area (Å²) >= 11 is 3.62. The van der Waals surface area contributed by atoms with Gasteiger partial charge in [0, 0.05) is 37.1 Å². The molecule has 0 aromatic heterocycles. The summed E-state index contributed by atoms with van der Waals surface area (Å²) < 4.78 is 13.4. The third kappa shape index (κ3) is 6.86. The van der Waals surface area contributed by atoms with E-state index in [0.29, 0.717) is 42.4 Å². The maximum Gasteiger partial charge on any atom is 0.313 e. The Balaban J connectivity index is 1.39. The Morgan fingerprint density at radius 2 is 1.65 bits per heavy atom. The van der Waals surface area contributed by atoms with Gasteiger partial charge in [-0.25, -0.2) is 0 Å². The fourth-order valence-electron chi connectivity index (χ4n) is 7.41. The van der Waals surface area contributed by atoms with E-state index in [1.807, 2.05) is 78.9 Å². The summed E-state index contributed by atoms with van der Waals surface area (Å²) in [6.45, 7) is 1.05. The summed E-state index contributed by atoms with van der Waals surface area (Å²) in [5.41, 5.74) is 0.277. The van der Waals surface area contributed by atoms with Gasteiger partial charge >= 0.3 is 5.97 Å². The predicted molar refractivity (Wildman–Crippen MR) is 181 cm³/mol. The molecule has 6 rings (SSSR count). The summed E-state index contributed by atoms with van der Waals surface area (Å²) in [5.74, 6) is -3.33. The largest absolute Gasteiger partial charge is 0.455 e. The van der Waals surface area contributed by atoms with Gasteiger partial charge in [0.1, 0.15) is 29.8 Å². The van der Waals surface area contributed by atoms with Gasteiger partial charge in [-0.05, 0) is 36.5 Å². The Kier molecular flexibility index (Phi) is 10.8. The van der Waals surface area contributed by atoms with Gasteiger partial charge < -0.3 is 29.7 Å². The van der Waals surface area contributed by atoms with Gasteiger partial charge in [0.05, 0.1) is 12.5 Å². The molecular weight excluding hydrogens is 678 g/mol. The van der Waals surface area contributed by atoms with Crippen LogP contribution in [0.2, 0.25) is 0 Å². The molecule has 4 aliphatic rings. The van der Waals surface area contributed by atoms with Crippen LogP contribution in [0.4, 0.5) is 0 Å². The number of amides is 3. The first-order valence-corrected chi connectivity index (χ1v) is 17.6. The Labute approximate surface area is 289 Å². The number of unbranched alkanes of at least 4 members (excludes halogenated alkanes) is 3. The summed E-state index contributed by atoms with van der Waals surface area (Å²) in [6.07, 6.45) is 7.59. The van der Waals surface area contributed by atoms with Crippen LogP contribution in [-0.4, -0.2) is 82.6 Å². The van der Waals surface area contributed by atoms with E-state index in [1.165, 1.54) is 0 Å². The highest BCUT2D eigenvalue weighted by Crippen LogP contribution is 2.59. The average molecular weight is 721 g/mol. The second-order valence-electron chi connectivity index (χ2n) is 12.9. The Morgan fingerprint density at radius 1 is 0.917 bits per heavy atom. The minimum absolute atomic E-state index is 0.0727. The molecule has 4 aliphatic heterocycles. The number of rotatable bonds is 9. The number of hydrogen-bond acceptors (Lipinski definition) is 7. The number of fused-ring (bicyclic) bond motifs is 2. The van der Waals surface area contributed by atoms with E-state index in [-0.39, 0.29) is 43.8 Å². The lowest BCUT2D eigenvalue weighted by atomic mass is 9.74. The van der Waals surface area contributed by atoms with Crippen molar-refractivity contribution in [2.45, 2.75) is 68.9 Å². The lowest BCUT2D eigenvalue weighted by Gasteiger charge is -2.36. The van der Waals surface area contributed by atoms with Crippen molar-refractivity contribution < 1.29 is 33.8 Å². The number of allylic oxidation sites excluding steroid dienone is 1. The predicted octanol–water partition coefficient (Wildman–Crippen LogP) is 4.19. The van der Waals surface area contributed by atoms with E-state index in [9.17, 15) is 24.3 Å². The fraction of sp³-hybridized carbons (Fsp3) is 0.459. The molecule has 254 valence electrons. The van der Waals surface area contributed by atoms with Crippen LogP contribution in [0.1, 0.15) is 55.8 Å². The summed E-state index contributed by atoms with van der Waals surface area (Å²) in [5, 5.41) is 12.2. The van der Waals surface area contributed by atoms with Crippen molar-refractivity contribution in [3.8, 4) is 0 Å². The number of esters is 1. The summed E-state index contributed by atoms with van der Waals surface area (Å²) in [4.78, 5) is 59.7. The number of nitrogens with zero attached hydrogens (tertiary/aromatic N) is 2. The van der Waals surface area contributed by atoms with Gasteiger partial charge in [-0.2, -0.15) is 0 Å². The number of carbonyl (C=O) groups excluding carboxylic acids is 4. The molecule has 1 spiro atoms. The van der Waals surface area contributed by atoms with E-state index in [4.69, 9.17) is 9.47 Å². The van der Waals surface area contributed by atoms with E-state index in [0.717, 1.165) is 18.4 Å². The number of benzene rings is 2. The van der Waals surface area contributed by atoms with Gasteiger partial charge in [-0.15, -0.1) is 0 Å². The van der Waals surface area contributed by atoms with E-state index < -0.39 is 41.7 Å². The van der Waals surface area contributed by atoms with Crippen molar-refractivity contribution in [1.29, 1.82) is 0 Å². The molecule has 5 bridgehead atoms. The zero-order valence-electron chi connectivity index (χ0n) is 26.8. The van der Waals surface area contributed by atoms with Gasteiger partial charge in [-0.1, -0.05) is 102 Å². The third-order valence-corrected chi connectivity index (χ3v) is 10.4. The standard InChI is InChI=1S/C37H42BrN3O7/c38-27-22-37-31-30(32(27)48-37)36(46)47-28(26-16-8-4-9-17-26)23-39-29(43)18-10-5-11-19-40(24-25-14-6-3-7-15-25)35(45)33(37)41(34(31)44)20-12-1-2-13-21-42/h3-9,11,14-17,22,28,30-33,42H,1-2,10,12-13,18-21,23-24H2,(H,39,43)/b11-5-/t28-,30-,31+,32-,33-,37+/m1/s1. The minimum atomic E-state index is -1.37. The first-order chi connectivity index (χ1) is 23.3. The van der Waals surface area contributed by atoms with Gasteiger partial charge in [0.2, 0.25) is 17.7 Å². The molecule has 4 heterocycles. The molecule has 2 N–H and O–H groups in total. The van der Waals surface area contributed by atoms with Crippen LogP contribution < -0.4 is 5.32 Å². The second kappa shape index (κ2) is 15.2. The van der Waals surface area contributed by atoms with E-state index >= 15 is 0 Å². The topological polar surface area (TPSA) is 125 Å². The summed E-state index contributed by atoms with van der Waals surface area (Å²) in [6, 6.07) is 17.9. The van der Waals surface area contributed by atoms with Crippen LogP contribution >= 0.6 is 15.9 Å². The number of carbonyl (C=O) groups is 4. The average Bonchev–Trinajstić information content (AvgIpc) is 3.69. The molecule has 0 radical (unpaired) electrons. The molecular formula is C37H42BrN3O7. The SMILES string of the molecule is O=C1CC/C=C\CN(Cc2ccccc2)C(=O)[C@H]2N(CCCCCCO)C(=O)[C@@H]3[C@@H](C(=O)O[C@@H](c4ccccc4)CN1)[C@@H]1O[C@@]32C=C1Br. The first kappa shape index (κ1) is 34.1. The van der Waals surface area contributed by atoms with E-state index in [1.54, 1.807) is 9.80 Å². The third-order valence-electron chi connectivity index (χ3n) is 9.71. The Hall–Kier alpha value is -3.80. The second-order valence-corrected chi connectivity index (χ2v) is 13.8. The molecule has 2 aromatic carbocycles. The molecule has 0 unspecified atom stereocenters. The quantitative estimate of drug-likeness (QED) is 0.226. The maximum absolute atomic E-state index is 14.9. The molecule has 2 fully saturated rings. The fourth-order valence-corrected chi connectivity index (χ4v) is 8.14.